The minimum absolute atomic E-state index is 0.612. The van der Waals surface area contributed by atoms with Crippen molar-refractivity contribution in [2.24, 2.45) is 0 Å². The van der Waals surface area contributed by atoms with E-state index in [1.165, 1.54) is 0 Å². The van der Waals surface area contributed by atoms with E-state index in [0.29, 0.717) is 12.5 Å². The van der Waals surface area contributed by atoms with Gasteiger partial charge in [-0.25, -0.2) is 4.98 Å². The van der Waals surface area contributed by atoms with Crippen molar-refractivity contribution in [2.45, 2.75) is 20.4 Å². The lowest BCUT2D eigenvalue weighted by Gasteiger charge is -2.19. The highest BCUT2D eigenvalue weighted by Gasteiger charge is 2.05. The van der Waals surface area contributed by atoms with E-state index in [1.807, 2.05) is 30.3 Å². The van der Waals surface area contributed by atoms with Crippen molar-refractivity contribution in [3.8, 4) is 0 Å². The van der Waals surface area contributed by atoms with E-state index in [-0.39, 0.29) is 0 Å². The molecule has 2 aromatic rings. The molecule has 1 heterocycles. The number of rotatable bonds is 6. The summed E-state index contributed by atoms with van der Waals surface area (Å²) in [6.07, 6.45) is 1.77. The zero-order valence-electron chi connectivity index (χ0n) is 11.8. The van der Waals surface area contributed by atoms with Crippen molar-refractivity contribution in [1.82, 2.24) is 9.97 Å². The van der Waals surface area contributed by atoms with Gasteiger partial charge in [0.1, 0.15) is 5.82 Å². The minimum atomic E-state index is 0.612. The van der Waals surface area contributed by atoms with E-state index in [1.54, 1.807) is 6.20 Å². The highest BCUT2D eigenvalue weighted by molar-refractivity contribution is 6.31. The van der Waals surface area contributed by atoms with Crippen molar-refractivity contribution >= 4 is 23.4 Å². The normalized spacial score (nSPS) is 10.3. The summed E-state index contributed by atoms with van der Waals surface area (Å²) in [4.78, 5) is 10.9. The van der Waals surface area contributed by atoms with Gasteiger partial charge in [0, 0.05) is 30.9 Å². The number of nitrogens with one attached hydrogen (secondary N) is 1. The molecule has 1 N–H and O–H groups in total. The molecule has 0 aliphatic heterocycles. The Labute approximate surface area is 124 Å². The summed E-state index contributed by atoms with van der Waals surface area (Å²) in [5, 5.41) is 3.96. The maximum Gasteiger partial charge on any atom is 0.224 e. The Morgan fingerprint density at radius 2 is 1.90 bits per heavy atom. The smallest absolute Gasteiger partial charge is 0.224 e. The third kappa shape index (κ3) is 3.61. The number of halogens is 1. The summed E-state index contributed by atoms with van der Waals surface area (Å²) in [7, 11) is 0. The van der Waals surface area contributed by atoms with Crippen LogP contribution in [0.1, 0.15) is 19.4 Å². The fourth-order valence-corrected chi connectivity index (χ4v) is 2.18. The molecular weight excluding hydrogens is 272 g/mol. The average molecular weight is 291 g/mol. The fourth-order valence-electron chi connectivity index (χ4n) is 1.97. The van der Waals surface area contributed by atoms with Crippen LogP contribution in [0.15, 0.2) is 36.5 Å². The van der Waals surface area contributed by atoms with Gasteiger partial charge in [-0.3, -0.25) is 0 Å². The van der Waals surface area contributed by atoms with Crippen LogP contribution >= 0.6 is 11.6 Å². The second-order valence-corrected chi connectivity index (χ2v) is 4.76. The molecule has 0 atom stereocenters. The van der Waals surface area contributed by atoms with Crippen LogP contribution in [-0.2, 0) is 6.54 Å². The van der Waals surface area contributed by atoms with Gasteiger partial charge in [0.25, 0.3) is 0 Å². The largest absolute Gasteiger partial charge is 0.357 e. The predicted octanol–water partition coefficient (Wildman–Crippen LogP) is 3.59. The Balaban J connectivity index is 2.07. The molecule has 20 heavy (non-hydrogen) atoms. The lowest BCUT2D eigenvalue weighted by Crippen LogP contribution is -2.23. The highest BCUT2D eigenvalue weighted by atomic mass is 35.5. The van der Waals surface area contributed by atoms with Gasteiger partial charge in [0.15, 0.2) is 0 Å². The molecule has 5 heteroatoms. The maximum absolute atomic E-state index is 6.13. The van der Waals surface area contributed by atoms with Crippen molar-refractivity contribution in [2.75, 3.05) is 23.3 Å². The number of anilines is 2. The Kier molecular flexibility index (Phi) is 5.18. The Hall–Kier alpha value is -1.81. The van der Waals surface area contributed by atoms with Crippen molar-refractivity contribution in [3.63, 3.8) is 0 Å². The van der Waals surface area contributed by atoms with Crippen LogP contribution < -0.4 is 10.2 Å². The number of nitrogens with zero attached hydrogens (tertiary/aromatic N) is 3. The van der Waals surface area contributed by atoms with Gasteiger partial charge in [-0.2, -0.15) is 4.98 Å². The second-order valence-electron chi connectivity index (χ2n) is 4.36. The Morgan fingerprint density at radius 3 is 2.60 bits per heavy atom. The van der Waals surface area contributed by atoms with E-state index in [0.717, 1.165) is 29.5 Å². The van der Waals surface area contributed by atoms with Crippen LogP contribution in [0.2, 0.25) is 5.02 Å². The molecule has 0 radical (unpaired) electrons. The molecule has 106 valence electrons. The van der Waals surface area contributed by atoms with Gasteiger partial charge in [-0.15, -0.1) is 0 Å². The van der Waals surface area contributed by atoms with Crippen molar-refractivity contribution in [3.05, 3.63) is 47.1 Å². The van der Waals surface area contributed by atoms with Crippen LogP contribution in [-0.4, -0.2) is 23.1 Å². The van der Waals surface area contributed by atoms with E-state index >= 15 is 0 Å². The highest BCUT2D eigenvalue weighted by Crippen LogP contribution is 2.17. The molecule has 1 aromatic heterocycles. The van der Waals surface area contributed by atoms with E-state index in [2.05, 4.69) is 34.0 Å². The van der Waals surface area contributed by atoms with Gasteiger partial charge in [-0.1, -0.05) is 29.8 Å². The third-order valence-corrected chi connectivity index (χ3v) is 3.49. The first-order chi connectivity index (χ1) is 9.74. The fraction of sp³-hybridized carbons (Fsp3) is 0.333. The summed E-state index contributed by atoms with van der Waals surface area (Å²) in [6, 6.07) is 9.68. The van der Waals surface area contributed by atoms with Crippen LogP contribution in [0.25, 0.3) is 0 Å². The molecule has 2 rings (SSSR count). The topological polar surface area (TPSA) is 41.1 Å². The van der Waals surface area contributed by atoms with Crippen molar-refractivity contribution < 1.29 is 0 Å². The first-order valence-corrected chi connectivity index (χ1v) is 7.17. The molecule has 0 aliphatic carbocycles. The van der Waals surface area contributed by atoms with E-state index < -0.39 is 0 Å². The van der Waals surface area contributed by atoms with Crippen LogP contribution in [0.4, 0.5) is 11.8 Å². The summed E-state index contributed by atoms with van der Waals surface area (Å²) in [6.45, 7) is 6.70. The number of hydrogen-bond donors (Lipinski definition) is 1. The lowest BCUT2D eigenvalue weighted by molar-refractivity contribution is 0.841. The molecule has 0 spiro atoms. The predicted molar refractivity (Wildman–Crippen MR) is 84.4 cm³/mol. The Morgan fingerprint density at radius 1 is 1.15 bits per heavy atom. The van der Waals surface area contributed by atoms with Gasteiger partial charge in [0.2, 0.25) is 5.95 Å². The van der Waals surface area contributed by atoms with Crippen LogP contribution in [0.3, 0.4) is 0 Å². The van der Waals surface area contributed by atoms with Gasteiger partial charge < -0.3 is 10.2 Å². The monoisotopic (exact) mass is 290 g/mol. The standard InChI is InChI=1S/C15H19ClN4/c1-3-20(4-2)14-9-10-17-15(19-14)18-11-12-7-5-6-8-13(12)16/h5-10H,3-4,11H2,1-2H3,(H,17,18,19). The Bertz CT molecular complexity index is 555. The molecule has 0 amide bonds. The third-order valence-electron chi connectivity index (χ3n) is 3.12. The maximum atomic E-state index is 6.13. The summed E-state index contributed by atoms with van der Waals surface area (Å²) < 4.78 is 0. The molecule has 0 fully saturated rings. The average Bonchev–Trinajstić information content (AvgIpc) is 2.48. The molecule has 0 unspecified atom stereocenters. The SMILES string of the molecule is CCN(CC)c1ccnc(NCc2ccccc2Cl)n1. The number of benzene rings is 1. The summed E-state index contributed by atoms with van der Waals surface area (Å²) >= 11 is 6.13. The van der Waals surface area contributed by atoms with Gasteiger partial charge in [-0.05, 0) is 31.5 Å². The molecule has 0 bridgehead atoms. The quantitative estimate of drug-likeness (QED) is 0.883. The zero-order chi connectivity index (χ0) is 14.4. The molecule has 4 nitrogen and oxygen atoms in total. The van der Waals surface area contributed by atoms with Gasteiger partial charge >= 0.3 is 0 Å². The second kappa shape index (κ2) is 7.10. The molecular formula is C15H19ClN4. The first kappa shape index (κ1) is 14.6. The minimum Gasteiger partial charge on any atom is -0.357 e. The molecule has 1 aromatic carbocycles. The number of aromatic nitrogens is 2. The van der Waals surface area contributed by atoms with Crippen molar-refractivity contribution in [1.29, 1.82) is 0 Å². The molecule has 0 aliphatic rings. The van der Waals surface area contributed by atoms with E-state index in [4.69, 9.17) is 11.6 Å². The van der Waals surface area contributed by atoms with E-state index in [9.17, 15) is 0 Å². The van der Waals surface area contributed by atoms with Gasteiger partial charge in [0.05, 0.1) is 0 Å². The lowest BCUT2D eigenvalue weighted by atomic mass is 10.2. The zero-order valence-corrected chi connectivity index (χ0v) is 12.6. The van der Waals surface area contributed by atoms with Crippen LogP contribution in [0.5, 0.6) is 0 Å². The molecule has 0 saturated heterocycles. The summed E-state index contributed by atoms with van der Waals surface area (Å²) in [5.41, 5.74) is 1.03. The summed E-state index contributed by atoms with van der Waals surface area (Å²) in [5.74, 6) is 1.56. The first-order valence-electron chi connectivity index (χ1n) is 6.79. The number of hydrogen-bond acceptors (Lipinski definition) is 4. The molecule has 0 saturated carbocycles. The van der Waals surface area contributed by atoms with Crippen LogP contribution in [0, 0.1) is 0 Å².